The van der Waals surface area contributed by atoms with Gasteiger partial charge in [0.2, 0.25) is 12.3 Å². The van der Waals surface area contributed by atoms with E-state index in [1.807, 2.05) is 24.3 Å². The van der Waals surface area contributed by atoms with Crippen LogP contribution in [0, 0.1) is 0 Å². The molecule has 0 aliphatic carbocycles. The molecule has 6 nitrogen and oxygen atoms in total. The van der Waals surface area contributed by atoms with Crippen LogP contribution < -0.4 is 5.56 Å². The van der Waals surface area contributed by atoms with E-state index in [1.54, 1.807) is 23.0 Å². The predicted octanol–water partition coefficient (Wildman–Crippen LogP) is 3.15. The molecule has 0 amide bonds. The number of halogens is 1. The Kier molecular flexibility index (Phi) is 3.59. The van der Waals surface area contributed by atoms with Crippen molar-refractivity contribution < 1.29 is 4.42 Å². The minimum Gasteiger partial charge on any atom is -0.423 e. The molecule has 0 aliphatic rings. The highest BCUT2D eigenvalue weighted by molar-refractivity contribution is 6.32. The molecular formula is C17H11ClN4O2. The highest BCUT2D eigenvalue weighted by Crippen LogP contribution is 2.25. The minimum atomic E-state index is -0.151. The van der Waals surface area contributed by atoms with Gasteiger partial charge in [-0.05, 0) is 18.2 Å². The van der Waals surface area contributed by atoms with Crippen molar-refractivity contribution >= 4 is 22.5 Å². The summed E-state index contributed by atoms with van der Waals surface area (Å²) in [5.41, 5.74) is 2.08. The summed E-state index contributed by atoms with van der Waals surface area (Å²) in [7, 11) is 0. The highest BCUT2D eigenvalue weighted by atomic mass is 35.5. The first kappa shape index (κ1) is 14.6. The summed E-state index contributed by atoms with van der Waals surface area (Å²) in [5, 5.41) is 9.05. The van der Waals surface area contributed by atoms with E-state index in [4.69, 9.17) is 16.0 Å². The fourth-order valence-electron chi connectivity index (χ4n) is 2.58. The molecule has 0 saturated heterocycles. The maximum Gasteiger partial charge on any atom is 0.250 e. The highest BCUT2D eigenvalue weighted by Gasteiger charge is 2.11. The Bertz CT molecular complexity index is 1070. The Morgan fingerprint density at radius 1 is 1.17 bits per heavy atom. The molecule has 0 spiro atoms. The van der Waals surface area contributed by atoms with E-state index in [2.05, 4.69) is 15.2 Å². The van der Waals surface area contributed by atoms with Crippen molar-refractivity contribution in [1.29, 1.82) is 0 Å². The first-order valence-corrected chi connectivity index (χ1v) is 7.59. The van der Waals surface area contributed by atoms with Crippen molar-refractivity contribution in [3.63, 3.8) is 0 Å². The third-order valence-corrected chi connectivity index (χ3v) is 4.10. The number of aromatic nitrogens is 4. The molecule has 0 radical (unpaired) electrons. The molecule has 118 valence electrons. The Hall–Kier alpha value is -2.99. The van der Waals surface area contributed by atoms with Gasteiger partial charge in [0.1, 0.15) is 0 Å². The first-order valence-electron chi connectivity index (χ1n) is 7.21. The number of hydrogen-bond donors (Lipinski definition) is 0. The van der Waals surface area contributed by atoms with Crippen molar-refractivity contribution in [2.75, 3.05) is 0 Å². The summed E-state index contributed by atoms with van der Waals surface area (Å²) in [6.45, 7) is 0.300. The smallest absolute Gasteiger partial charge is 0.250 e. The number of benzene rings is 1. The topological polar surface area (TPSA) is 73.8 Å². The zero-order valence-electron chi connectivity index (χ0n) is 12.4. The van der Waals surface area contributed by atoms with Crippen LogP contribution in [0.4, 0.5) is 0 Å². The van der Waals surface area contributed by atoms with E-state index in [1.165, 1.54) is 12.5 Å². The van der Waals surface area contributed by atoms with Crippen molar-refractivity contribution in [1.82, 2.24) is 19.7 Å². The van der Waals surface area contributed by atoms with Crippen LogP contribution in [0.5, 0.6) is 0 Å². The molecule has 0 fully saturated rings. The van der Waals surface area contributed by atoms with E-state index in [9.17, 15) is 4.79 Å². The standard InChI is InChI=1S/C17H11ClN4O2/c18-14-5-3-11-2-1-7-19-16(11)13(14)9-22-8-12(4-6-15(22)23)17-21-20-10-24-17/h1-8,10H,9H2. The van der Waals surface area contributed by atoms with Crippen LogP contribution >= 0.6 is 11.6 Å². The summed E-state index contributed by atoms with van der Waals surface area (Å²) in [6.07, 6.45) is 4.63. The second kappa shape index (κ2) is 5.90. The zero-order valence-corrected chi connectivity index (χ0v) is 13.1. The zero-order chi connectivity index (χ0) is 16.5. The summed E-state index contributed by atoms with van der Waals surface area (Å²) in [6, 6.07) is 10.7. The average Bonchev–Trinajstić information content (AvgIpc) is 3.14. The van der Waals surface area contributed by atoms with Crippen LogP contribution in [0.1, 0.15) is 5.56 Å². The molecule has 1 aromatic carbocycles. The van der Waals surface area contributed by atoms with Gasteiger partial charge in [-0.1, -0.05) is 23.7 Å². The molecule has 0 unspecified atom stereocenters. The fraction of sp³-hybridized carbons (Fsp3) is 0.0588. The van der Waals surface area contributed by atoms with Crippen LogP contribution in [0.3, 0.4) is 0 Å². The van der Waals surface area contributed by atoms with Gasteiger partial charge < -0.3 is 8.98 Å². The van der Waals surface area contributed by atoms with Crippen LogP contribution in [0.25, 0.3) is 22.4 Å². The largest absolute Gasteiger partial charge is 0.423 e. The normalized spacial score (nSPS) is 11.0. The van der Waals surface area contributed by atoms with E-state index in [-0.39, 0.29) is 5.56 Å². The summed E-state index contributed by atoms with van der Waals surface area (Å²) in [5.74, 6) is 0.353. The van der Waals surface area contributed by atoms with Crippen molar-refractivity contribution in [2.45, 2.75) is 6.54 Å². The number of rotatable bonds is 3. The second-order valence-electron chi connectivity index (χ2n) is 5.23. The molecule has 0 atom stereocenters. The Balaban J connectivity index is 1.83. The maximum absolute atomic E-state index is 12.2. The molecule has 24 heavy (non-hydrogen) atoms. The lowest BCUT2D eigenvalue weighted by atomic mass is 10.1. The fourth-order valence-corrected chi connectivity index (χ4v) is 2.79. The quantitative estimate of drug-likeness (QED) is 0.573. The lowest BCUT2D eigenvalue weighted by molar-refractivity contribution is 0.567. The molecular weight excluding hydrogens is 328 g/mol. The van der Waals surface area contributed by atoms with Gasteiger partial charge in [-0.15, -0.1) is 10.2 Å². The second-order valence-corrected chi connectivity index (χ2v) is 5.64. The molecule has 3 aromatic heterocycles. The third-order valence-electron chi connectivity index (χ3n) is 3.74. The van der Waals surface area contributed by atoms with Crippen molar-refractivity contribution in [2.24, 2.45) is 0 Å². The molecule has 3 heterocycles. The molecule has 4 rings (SSSR count). The Morgan fingerprint density at radius 2 is 2.08 bits per heavy atom. The first-order chi connectivity index (χ1) is 11.7. The molecule has 0 aliphatic heterocycles. The van der Waals surface area contributed by atoms with Crippen molar-refractivity contribution in [3.8, 4) is 11.5 Å². The van der Waals surface area contributed by atoms with E-state index in [0.29, 0.717) is 23.0 Å². The summed E-state index contributed by atoms with van der Waals surface area (Å²) in [4.78, 5) is 16.6. The van der Waals surface area contributed by atoms with Gasteiger partial charge in [-0.2, -0.15) is 0 Å². The van der Waals surface area contributed by atoms with Gasteiger partial charge in [-0.3, -0.25) is 9.78 Å². The minimum absolute atomic E-state index is 0.151. The van der Waals surface area contributed by atoms with Gasteiger partial charge in [0.05, 0.1) is 17.6 Å². The lowest BCUT2D eigenvalue weighted by Gasteiger charge is -2.11. The van der Waals surface area contributed by atoms with Gasteiger partial charge in [0.15, 0.2) is 0 Å². The predicted molar refractivity (Wildman–Crippen MR) is 89.8 cm³/mol. The Labute approximate surface area is 141 Å². The molecule has 7 heteroatoms. The van der Waals surface area contributed by atoms with E-state index < -0.39 is 0 Å². The van der Waals surface area contributed by atoms with Crippen LogP contribution in [-0.4, -0.2) is 19.7 Å². The monoisotopic (exact) mass is 338 g/mol. The lowest BCUT2D eigenvalue weighted by Crippen LogP contribution is -2.19. The number of fused-ring (bicyclic) bond motifs is 1. The number of pyridine rings is 2. The van der Waals surface area contributed by atoms with E-state index >= 15 is 0 Å². The molecule has 0 N–H and O–H groups in total. The maximum atomic E-state index is 12.2. The average molecular weight is 339 g/mol. The Morgan fingerprint density at radius 3 is 2.92 bits per heavy atom. The SMILES string of the molecule is O=c1ccc(-c2nnco2)cn1Cc1c(Cl)ccc2cccnc12. The van der Waals surface area contributed by atoms with Gasteiger partial charge in [0, 0.05) is 34.4 Å². The van der Waals surface area contributed by atoms with Gasteiger partial charge in [0.25, 0.3) is 5.56 Å². The van der Waals surface area contributed by atoms with Crippen LogP contribution in [0.15, 0.2) is 64.4 Å². The van der Waals surface area contributed by atoms with Crippen LogP contribution in [0.2, 0.25) is 5.02 Å². The van der Waals surface area contributed by atoms with Gasteiger partial charge in [-0.25, -0.2) is 0 Å². The third kappa shape index (κ3) is 2.57. The summed E-state index contributed by atoms with van der Waals surface area (Å²) < 4.78 is 6.73. The molecule has 0 saturated carbocycles. The van der Waals surface area contributed by atoms with Crippen LogP contribution in [-0.2, 0) is 6.54 Å². The number of nitrogens with zero attached hydrogens (tertiary/aromatic N) is 4. The van der Waals surface area contributed by atoms with E-state index in [0.717, 1.165) is 16.5 Å². The molecule has 4 aromatic rings. The van der Waals surface area contributed by atoms with Gasteiger partial charge >= 0.3 is 0 Å². The number of hydrogen-bond acceptors (Lipinski definition) is 5. The summed E-state index contributed by atoms with van der Waals surface area (Å²) >= 11 is 6.35. The molecule has 0 bridgehead atoms. The van der Waals surface area contributed by atoms with Crippen molar-refractivity contribution in [3.05, 3.63) is 76.1 Å².